The van der Waals surface area contributed by atoms with Crippen LogP contribution in [0.2, 0.25) is 0 Å². The van der Waals surface area contributed by atoms with E-state index in [-0.39, 0.29) is 17.4 Å². The zero-order chi connectivity index (χ0) is 13.2. The fourth-order valence-electron chi connectivity index (χ4n) is 1.07. The molecular formula is C9H5ClI3NO3. The molecule has 0 aromatic heterocycles. The number of halogens is 4. The van der Waals surface area contributed by atoms with Crippen molar-refractivity contribution in [1.29, 1.82) is 0 Å². The summed E-state index contributed by atoms with van der Waals surface area (Å²) in [4.78, 5) is 22.4. The van der Waals surface area contributed by atoms with Crippen LogP contribution in [-0.2, 0) is 4.79 Å². The molecule has 17 heavy (non-hydrogen) atoms. The maximum absolute atomic E-state index is 11.3. The van der Waals surface area contributed by atoms with Crippen LogP contribution >= 0.6 is 79.4 Å². The van der Waals surface area contributed by atoms with Crippen LogP contribution in [-0.4, -0.2) is 22.9 Å². The van der Waals surface area contributed by atoms with E-state index in [2.05, 4.69) is 5.32 Å². The van der Waals surface area contributed by atoms with E-state index < -0.39 is 5.97 Å². The van der Waals surface area contributed by atoms with Crippen molar-refractivity contribution in [2.75, 3.05) is 11.2 Å². The molecule has 0 fully saturated rings. The van der Waals surface area contributed by atoms with Gasteiger partial charge in [0.15, 0.2) is 0 Å². The molecule has 0 heterocycles. The predicted octanol–water partition coefficient (Wildman–Crippen LogP) is 3.38. The number of hydrogen-bond acceptors (Lipinski definition) is 2. The standard InChI is InChI=1S/C9H5ClI3NO3/c10-2-5(15)14-8-4(12)1-3(11)6(7(8)13)9(16)17/h1H,2H2,(H,14,15)(H,16,17). The lowest BCUT2D eigenvalue weighted by molar-refractivity contribution is -0.113. The molecule has 0 unspecified atom stereocenters. The van der Waals surface area contributed by atoms with E-state index in [0.29, 0.717) is 12.8 Å². The van der Waals surface area contributed by atoms with Gasteiger partial charge < -0.3 is 10.4 Å². The summed E-state index contributed by atoms with van der Waals surface area (Å²) in [5.41, 5.74) is 0.686. The number of anilines is 1. The van der Waals surface area contributed by atoms with Gasteiger partial charge in [-0.05, 0) is 73.8 Å². The van der Waals surface area contributed by atoms with Gasteiger partial charge in [-0.15, -0.1) is 11.6 Å². The zero-order valence-electron chi connectivity index (χ0n) is 8.06. The van der Waals surface area contributed by atoms with E-state index in [1.807, 2.05) is 67.8 Å². The Balaban J connectivity index is 3.35. The topological polar surface area (TPSA) is 66.4 Å². The number of alkyl halides is 1. The van der Waals surface area contributed by atoms with Crippen LogP contribution in [0.25, 0.3) is 0 Å². The Morgan fingerprint density at radius 3 is 2.35 bits per heavy atom. The maximum atomic E-state index is 11.3. The minimum absolute atomic E-state index is 0.166. The predicted molar refractivity (Wildman–Crippen MR) is 90.9 cm³/mol. The van der Waals surface area contributed by atoms with Crippen LogP contribution in [0.15, 0.2) is 6.07 Å². The molecule has 8 heteroatoms. The Morgan fingerprint density at radius 2 is 1.88 bits per heavy atom. The number of benzene rings is 1. The first-order valence-corrected chi connectivity index (χ1v) is 7.92. The molecule has 0 radical (unpaired) electrons. The van der Waals surface area contributed by atoms with Crippen molar-refractivity contribution >= 4 is 96.9 Å². The highest BCUT2D eigenvalue weighted by Crippen LogP contribution is 2.31. The fourth-order valence-corrected chi connectivity index (χ4v) is 5.24. The molecule has 0 saturated carbocycles. The largest absolute Gasteiger partial charge is 0.478 e. The lowest BCUT2D eigenvalue weighted by atomic mass is 10.2. The Bertz CT molecular complexity index is 493. The van der Waals surface area contributed by atoms with E-state index >= 15 is 0 Å². The molecule has 0 aliphatic carbocycles. The van der Waals surface area contributed by atoms with Crippen molar-refractivity contribution < 1.29 is 14.7 Å². The van der Waals surface area contributed by atoms with Crippen LogP contribution < -0.4 is 5.32 Å². The van der Waals surface area contributed by atoms with Gasteiger partial charge in [-0.2, -0.15) is 0 Å². The molecule has 0 spiro atoms. The zero-order valence-corrected chi connectivity index (χ0v) is 15.3. The van der Waals surface area contributed by atoms with Gasteiger partial charge in [0.05, 0.1) is 14.8 Å². The van der Waals surface area contributed by atoms with Crippen LogP contribution in [0.1, 0.15) is 10.4 Å². The summed E-state index contributed by atoms with van der Waals surface area (Å²) in [5, 5.41) is 11.7. The van der Waals surface area contributed by atoms with Crippen LogP contribution in [0, 0.1) is 10.7 Å². The lowest BCUT2D eigenvalue weighted by Gasteiger charge is -2.12. The minimum Gasteiger partial charge on any atom is -0.478 e. The third-order valence-electron chi connectivity index (χ3n) is 1.77. The summed E-state index contributed by atoms with van der Waals surface area (Å²) < 4.78 is 1.91. The summed E-state index contributed by atoms with van der Waals surface area (Å²) >= 11 is 11.3. The number of carbonyl (C=O) groups is 2. The van der Waals surface area contributed by atoms with Crippen molar-refractivity contribution in [3.8, 4) is 0 Å². The first-order valence-electron chi connectivity index (χ1n) is 4.15. The number of amides is 1. The van der Waals surface area contributed by atoms with Crippen LogP contribution in [0.4, 0.5) is 5.69 Å². The van der Waals surface area contributed by atoms with Gasteiger partial charge in [0.25, 0.3) is 0 Å². The summed E-state index contributed by atoms with van der Waals surface area (Å²) in [5.74, 6) is -1.54. The molecule has 4 nitrogen and oxygen atoms in total. The summed E-state index contributed by atoms with van der Waals surface area (Å²) in [7, 11) is 0. The average molecular weight is 591 g/mol. The summed E-state index contributed by atoms with van der Waals surface area (Å²) in [6.45, 7) is 0. The average Bonchev–Trinajstić information content (AvgIpc) is 2.22. The number of carbonyl (C=O) groups excluding carboxylic acids is 1. The van der Waals surface area contributed by atoms with Gasteiger partial charge in [-0.3, -0.25) is 4.79 Å². The van der Waals surface area contributed by atoms with E-state index in [4.69, 9.17) is 16.7 Å². The van der Waals surface area contributed by atoms with E-state index in [1.165, 1.54) is 0 Å². The molecule has 92 valence electrons. The first kappa shape index (κ1) is 15.7. The first-order chi connectivity index (χ1) is 7.88. The molecule has 0 atom stereocenters. The van der Waals surface area contributed by atoms with E-state index in [1.54, 1.807) is 6.07 Å². The van der Waals surface area contributed by atoms with Crippen molar-refractivity contribution in [3.63, 3.8) is 0 Å². The third-order valence-corrected chi connectivity index (χ3v) is 4.79. The van der Waals surface area contributed by atoms with Gasteiger partial charge in [-0.1, -0.05) is 0 Å². The number of hydrogen-bond donors (Lipinski definition) is 2. The Labute approximate surface area is 143 Å². The Morgan fingerprint density at radius 1 is 1.29 bits per heavy atom. The Hall–Kier alpha value is 0.640. The molecule has 1 amide bonds. The maximum Gasteiger partial charge on any atom is 0.337 e. The fraction of sp³-hybridized carbons (Fsp3) is 0.111. The van der Waals surface area contributed by atoms with Gasteiger partial charge in [0, 0.05) is 7.14 Å². The molecule has 0 aliphatic heterocycles. The molecule has 0 bridgehead atoms. The lowest BCUT2D eigenvalue weighted by Crippen LogP contribution is -2.17. The van der Waals surface area contributed by atoms with Crippen molar-refractivity contribution in [3.05, 3.63) is 22.3 Å². The minimum atomic E-state index is -1.02. The van der Waals surface area contributed by atoms with Gasteiger partial charge in [-0.25, -0.2) is 4.79 Å². The second-order valence-electron chi connectivity index (χ2n) is 2.89. The van der Waals surface area contributed by atoms with Crippen molar-refractivity contribution in [1.82, 2.24) is 0 Å². The Kier molecular flexibility index (Phi) is 6.19. The number of aromatic carboxylic acids is 1. The van der Waals surface area contributed by atoms with Crippen molar-refractivity contribution in [2.45, 2.75) is 0 Å². The second kappa shape index (κ2) is 6.70. The number of carboxylic acids is 1. The number of rotatable bonds is 3. The molecule has 0 saturated heterocycles. The third kappa shape index (κ3) is 3.80. The highest BCUT2D eigenvalue weighted by atomic mass is 127. The molecule has 0 aliphatic rings. The quantitative estimate of drug-likeness (QED) is 0.419. The highest BCUT2D eigenvalue weighted by Gasteiger charge is 2.20. The number of nitrogens with one attached hydrogen (secondary N) is 1. The summed E-state index contributed by atoms with van der Waals surface area (Å²) in [6, 6.07) is 1.70. The second-order valence-corrected chi connectivity index (χ2v) is 6.56. The number of carboxylic acid groups (broad SMARTS) is 1. The van der Waals surface area contributed by atoms with Crippen LogP contribution in [0.5, 0.6) is 0 Å². The molecular weight excluding hydrogens is 586 g/mol. The van der Waals surface area contributed by atoms with Gasteiger partial charge >= 0.3 is 5.97 Å². The smallest absolute Gasteiger partial charge is 0.337 e. The summed E-state index contributed by atoms with van der Waals surface area (Å²) in [6.07, 6.45) is 0. The normalized spacial score (nSPS) is 10.1. The van der Waals surface area contributed by atoms with Gasteiger partial charge in [0.1, 0.15) is 5.88 Å². The van der Waals surface area contributed by atoms with E-state index in [0.717, 1.165) is 3.57 Å². The molecule has 1 rings (SSSR count). The molecule has 1 aromatic rings. The molecule has 1 aromatic carbocycles. The molecule has 2 N–H and O–H groups in total. The highest BCUT2D eigenvalue weighted by molar-refractivity contribution is 14.1. The SMILES string of the molecule is O=C(CCl)Nc1c(I)cc(I)c(C(=O)O)c1I. The monoisotopic (exact) mass is 591 g/mol. The van der Waals surface area contributed by atoms with Crippen LogP contribution in [0.3, 0.4) is 0 Å². The van der Waals surface area contributed by atoms with Gasteiger partial charge in [0.2, 0.25) is 5.91 Å². The van der Waals surface area contributed by atoms with Crippen molar-refractivity contribution in [2.24, 2.45) is 0 Å². The van der Waals surface area contributed by atoms with E-state index in [9.17, 15) is 9.59 Å².